The van der Waals surface area contributed by atoms with Gasteiger partial charge in [0.05, 0.1) is 0 Å². The normalized spacial score (nSPS) is 17.5. The van der Waals surface area contributed by atoms with Crippen LogP contribution in [0, 0.1) is 12.3 Å². The minimum atomic E-state index is -1.18. The van der Waals surface area contributed by atoms with Crippen molar-refractivity contribution in [1.82, 2.24) is 20.2 Å². The average molecular weight is 459 g/mol. The Morgan fingerprint density at radius 3 is 2.35 bits per heavy atom. The van der Waals surface area contributed by atoms with E-state index in [4.69, 9.17) is 9.05 Å². The van der Waals surface area contributed by atoms with Gasteiger partial charge in [-0.05, 0) is 48.7 Å². The van der Waals surface area contributed by atoms with Crippen LogP contribution in [0.25, 0.3) is 23.0 Å². The second kappa shape index (κ2) is 8.18. The van der Waals surface area contributed by atoms with E-state index in [-0.39, 0.29) is 5.41 Å². The van der Waals surface area contributed by atoms with E-state index in [2.05, 4.69) is 72.3 Å². The largest absolute Gasteiger partial charge is 0.380 e. The Bertz CT molecular complexity index is 1300. The van der Waals surface area contributed by atoms with Gasteiger partial charge in [0.1, 0.15) is 11.4 Å². The van der Waals surface area contributed by atoms with E-state index < -0.39 is 5.60 Å². The molecule has 176 valence electrons. The van der Waals surface area contributed by atoms with Crippen molar-refractivity contribution in [2.75, 3.05) is 20.1 Å². The summed E-state index contributed by atoms with van der Waals surface area (Å²) in [6, 6.07) is 17.9. The molecule has 2 aromatic carbocycles. The van der Waals surface area contributed by atoms with Crippen molar-refractivity contribution in [2.45, 2.75) is 39.2 Å². The van der Waals surface area contributed by atoms with Gasteiger partial charge in [-0.1, -0.05) is 67.5 Å². The second-order valence-corrected chi connectivity index (χ2v) is 10.0. The number of aryl methyl sites for hydroxylation is 1. The first kappa shape index (κ1) is 22.5. The summed E-state index contributed by atoms with van der Waals surface area (Å²) in [7, 11) is 2.08. The summed E-state index contributed by atoms with van der Waals surface area (Å²) >= 11 is 0. The molecule has 5 rings (SSSR count). The number of hydrogen-bond acceptors (Lipinski definition) is 7. The lowest BCUT2D eigenvalue weighted by molar-refractivity contribution is -0.127. The van der Waals surface area contributed by atoms with Gasteiger partial charge in [0.2, 0.25) is 5.82 Å². The molecule has 0 saturated carbocycles. The van der Waals surface area contributed by atoms with Gasteiger partial charge in [-0.3, -0.25) is 0 Å². The third-order valence-corrected chi connectivity index (χ3v) is 6.92. The molecular weight excluding hydrogens is 428 g/mol. The van der Waals surface area contributed by atoms with Crippen molar-refractivity contribution < 1.29 is 14.2 Å². The highest BCUT2D eigenvalue weighted by atomic mass is 16.5. The Balaban J connectivity index is 1.57. The number of aliphatic hydroxyl groups is 1. The van der Waals surface area contributed by atoms with Crippen molar-refractivity contribution in [1.29, 1.82) is 0 Å². The fraction of sp³-hybridized carbons (Fsp3) is 0.370. The molecule has 7 nitrogen and oxygen atoms in total. The Morgan fingerprint density at radius 2 is 1.74 bits per heavy atom. The van der Waals surface area contributed by atoms with Crippen LogP contribution < -0.4 is 0 Å². The molecule has 0 aliphatic carbocycles. The van der Waals surface area contributed by atoms with Crippen molar-refractivity contribution >= 4 is 0 Å². The highest BCUT2D eigenvalue weighted by Crippen LogP contribution is 2.50. The quantitative estimate of drug-likeness (QED) is 0.434. The van der Waals surface area contributed by atoms with Gasteiger partial charge < -0.3 is 19.1 Å². The molecular formula is C27H30N4O3. The van der Waals surface area contributed by atoms with Crippen LogP contribution in [0.5, 0.6) is 0 Å². The molecule has 0 unspecified atom stereocenters. The first-order valence-electron chi connectivity index (χ1n) is 11.6. The van der Waals surface area contributed by atoms with Crippen LogP contribution in [0.1, 0.15) is 49.1 Å². The van der Waals surface area contributed by atoms with Gasteiger partial charge in [-0.2, -0.15) is 4.98 Å². The van der Waals surface area contributed by atoms with Crippen LogP contribution in [0.3, 0.4) is 0 Å². The molecule has 7 heteroatoms. The Hall–Kier alpha value is -3.29. The van der Waals surface area contributed by atoms with E-state index in [0.29, 0.717) is 29.1 Å². The molecule has 0 spiro atoms. The lowest BCUT2D eigenvalue weighted by Crippen LogP contribution is -2.63. The maximum atomic E-state index is 12.4. The first-order chi connectivity index (χ1) is 16.2. The molecule has 0 amide bonds. The zero-order chi connectivity index (χ0) is 24.1. The van der Waals surface area contributed by atoms with Gasteiger partial charge >= 0.3 is 0 Å². The standard InChI is InChI=1S/C27H30N4O3/c1-17(2)19-9-11-21(12-10-19)27(32,26(4)15-31(5)16-26)22-8-6-7-20(14-22)25-28-24(30-34-25)23-13-18(3)33-29-23/h6-14,17,32H,15-16H2,1-5H3/t27-/m0/s1. The first-order valence-corrected chi connectivity index (χ1v) is 11.6. The van der Waals surface area contributed by atoms with Gasteiger partial charge in [0, 0.05) is 30.1 Å². The fourth-order valence-corrected chi connectivity index (χ4v) is 5.14. The van der Waals surface area contributed by atoms with E-state index in [1.807, 2.05) is 31.2 Å². The van der Waals surface area contributed by atoms with E-state index in [0.717, 1.165) is 29.8 Å². The van der Waals surface area contributed by atoms with Crippen molar-refractivity contribution in [3.05, 3.63) is 77.0 Å². The summed E-state index contributed by atoms with van der Waals surface area (Å²) in [5.74, 6) is 1.84. The van der Waals surface area contributed by atoms with Crippen LogP contribution in [0.4, 0.5) is 0 Å². The number of nitrogens with zero attached hydrogens (tertiary/aromatic N) is 4. The molecule has 1 atom stereocenters. The maximum absolute atomic E-state index is 12.4. The zero-order valence-electron chi connectivity index (χ0n) is 20.2. The molecule has 34 heavy (non-hydrogen) atoms. The highest BCUT2D eigenvalue weighted by molar-refractivity contribution is 5.59. The van der Waals surface area contributed by atoms with Crippen LogP contribution in [-0.4, -0.2) is 45.4 Å². The predicted octanol–water partition coefficient (Wildman–Crippen LogP) is 5.01. The molecule has 0 bridgehead atoms. The number of rotatable bonds is 6. The lowest BCUT2D eigenvalue weighted by atomic mass is 9.62. The van der Waals surface area contributed by atoms with Crippen molar-refractivity contribution in [2.24, 2.45) is 5.41 Å². The topological polar surface area (TPSA) is 88.4 Å². The second-order valence-electron chi connectivity index (χ2n) is 10.0. The Labute approximate surface area is 199 Å². The van der Waals surface area contributed by atoms with Crippen molar-refractivity contribution in [3.8, 4) is 23.0 Å². The monoisotopic (exact) mass is 458 g/mol. The molecule has 1 saturated heterocycles. The highest BCUT2D eigenvalue weighted by Gasteiger charge is 2.55. The average Bonchev–Trinajstić information content (AvgIpc) is 3.47. The summed E-state index contributed by atoms with van der Waals surface area (Å²) in [4.78, 5) is 6.73. The number of hydrogen-bond donors (Lipinski definition) is 1. The van der Waals surface area contributed by atoms with E-state index in [1.54, 1.807) is 6.07 Å². The summed E-state index contributed by atoms with van der Waals surface area (Å²) < 4.78 is 10.7. The minimum Gasteiger partial charge on any atom is -0.380 e. The van der Waals surface area contributed by atoms with Crippen LogP contribution in [0.15, 0.2) is 63.6 Å². The third kappa shape index (κ3) is 3.65. The van der Waals surface area contributed by atoms with E-state index >= 15 is 0 Å². The summed E-state index contributed by atoms with van der Waals surface area (Å²) in [6.07, 6.45) is 0. The number of likely N-dealkylation sites (tertiary alicyclic amines) is 1. The third-order valence-electron chi connectivity index (χ3n) is 6.92. The minimum absolute atomic E-state index is 0.349. The lowest BCUT2D eigenvalue weighted by Gasteiger charge is -2.56. The summed E-state index contributed by atoms with van der Waals surface area (Å²) in [5, 5.41) is 20.4. The van der Waals surface area contributed by atoms with Gasteiger partial charge in [0.25, 0.3) is 5.89 Å². The fourth-order valence-electron chi connectivity index (χ4n) is 5.14. The SMILES string of the molecule is Cc1cc(-c2noc(-c3cccc([C@@](O)(c4ccc(C(C)C)cc4)C4(C)CN(C)C4)c3)n2)no1. The molecule has 2 aromatic heterocycles. The van der Waals surface area contributed by atoms with E-state index in [9.17, 15) is 5.11 Å². The summed E-state index contributed by atoms with van der Waals surface area (Å²) in [6.45, 7) is 9.88. The predicted molar refractivity (Wildman–Crippen MR) is 129 cm³/mol. The van der Waals surface area contributed by atoms with E-state index in [1.165, 1.54) is 5.56 Å². The molecule has 0 radical (unpaired) electrons. The Kier molecular flexibility index (Phi) is 5.41. The number of aromatic nitrogens is 3. The van der Waals surface area contributed by atoms with Gasteiger partial charge in [0.15, 0.2) is 5.69 Å². The molecule has 3 heterocycles. The molecule has 1 N–H and O–H groups in total. The zero-order valence-corrected chi connectivity index (χ0v) is 20.2. The van der Waals surface area contributed by atoms with Gasteiger partial charge in [-0.15, -0.1) is 0 Å². The van der Waals surface area contributed by atoms with Crippen molar-refractivity contribution in [3.63, 3.8) is 0 Å². The maximum Gasteiger partial charge on any atom is 0.258 e. The molecule has 1 aliphatic heterocycles. The summed E-state index contributed by atoms with van der Waals surface area (Å²) in [5.41, 5.74) is 2.66. The molecule has 1 fully saturated rings. The van der Waals surface area contributed by atoms with Crippen LogP contribution >= 0.6 is 0 Å². The Morgan fingerprint density at radius 1 is 1.00 bits per heavy atom. The smallest absolute Gasteiger partial charge is 0.258 e. The molecule has 1 aliphatic rings. The van der Waals surface area contributed by atoms with Crippen LogP contribution in [0.2, 0.25) is 0 Å². The van der Waals surface area contributed by atoms with Gasteiger partial charge in [-0.25, -0.2) is 0 Å². The van der Waals surface area contributed by atoms with Crippen LogP contribution in [-0.2, 0) is 5.60 Å². The number of benzene rings is 2. The molecule has 4 aromatic rings.